The fraction of sp³-hybridized carbons (Fsp3) is 0.438. The molecular weight excluding hydrogens is 372 g/mol. The first kappa shape index (κ1) is 18.3. The molecule has 0 aromatic carbocycles. The molecule has 0 unspecified atom stereocenters. The van der Waals surface area contributed by atoms with Gasteiger partial charge in [0.2, 0.25) is 5.91 Å². The highest BCUT2D eigenvalue weighted by atomic mass is 79.9. The number of carbonyl (C=O) groups excluding carboxylic acids is 1. The third-order valence-electron chi connectivity index (χ3n) is 3.06. The van der Waals surface area contributed by atoms with Crippen molar-refractivity contribution < 1.29 is 4.79 Å². The number of aliphatic imine (C=N–C) groups is 1. The van der Waals surface area contributed by atoms with E-state index in [-0.39, 0.29) is 18.0 Å². The molecule has 2 aromatic heterocycles. The number of fused-ring (bicyclic) bond motifs is 1. The molecule has 130 valence electrons. The van der Waals surface area contributed by atoms with E-state index < -0.39 is 0 Å². The van der Waals surface area contributed by atoms with E-state index in [0.717, 1.165) is 15.8 Å². The summed E-state index contributed by atoms with van der Waals surface area (Å²) in [4.78, 5) is 20.5. The maximum absolute atomic E-state index is 11.8. The summed E-state index contributed by atoms with van der Waals surface area (Å²) in [6, 6.07) is 3.89. The predicted octanol–water partition coefficient (Wildman–Crippen LogP) is 1.68. The molecule has 0 radical (unpaired) electrons. The summed E-state index contributed by atoms with van der Waals surface area (Å²) >= 11 is 3.44. The van der Waals surface area contributed by atoms with Gasteiger partial charge in [-0.25, -0.2) is 4.98 Å². The standard InChI is InChI=1S/C16H23BrN6O/c1-16(2,3)22-14(24)8-20-15(18-4)19-7-12-10-23-9-11(17)5-6-13(23)21-12/h5-6,9-10H,7-8H2,1-4H3,(H,22,24)(H2,18,19,20). The summed E-state index contributed by atoms with van der Waals surface area (Å²) in [5.41, 5.74) is 1.51. The number of hydrogen-bond donors (Lipinski definition) is 3. The van der Waals surface area contributed by atoms with Crippen molar-refractivity contribution in [1.82, 2.24) is 25.3 Å². The van der Waals surface area contributed by atoms with Crippen LogP contribution in [-0.2, 0) is 11.3 Å². The maximum atomic E-state index is 11.8. The van der Waals surface area contributed by atoms with Crippen LogP contribution in [0.1, 0.15) is 26.5 Å². The fourth-order valence-electron chi connectivity index (χ4n) is 2.12. The van der Waals surface area contributed by atoms with E-state index in [1.165, 1.54) is 0 Å². The number of halogens is 1. The van der Waals surface area contributed by atoms with Crippen LogP contribution in [0.4, 0.5) is 0 Å². The van der Waals surface area contributed by atoms with Gasteiger partial charge in [-0.05, 0) is 48.8 Å². The Morgan fingerprint density at radius 1 is 1.29 bits per heavy atom. The van der Waals surface area contributed by atoms with Crippen molar-refractivity contribution in [2.24, 2.45) is 4.99 Å². The summed E-state index contributed by atoms with van der Waals surface area (Å²) in [6.07, 6.45) is 3.91. The number of aromatic nitrogens is 2. The number of rotatable bonds is 4. The second-order valence-corrected chi connectivity index (χ2v) is 7.34. The van der Waals surface area contributed by atoms with Gasteiger partial charge in [-0.2, -0.15) is 0 Å². The average molecular weight is 395 g/mol. The van der Waals surface area contributed by atoms with Crippen LogP contribution >= 0.6 is 15.9 Å². The Kier molecular flexibility index (Phi) is 5.82. The first-order valence-corrected chi connectivity index (χ1v) is 8.45. The van der Waals surface area contributed by atoms with Gasteiger partial charge in [-0.1, -0.05) is 0 Å². The van der Waals surface area contributed by atoms with Crippen LogP contribution in [0.5, 0.6) is 0 Å². The first-order chi connectivity index (χ1) is 11.3. The fourth-order valence-corrected chi connectivity index (χ4v) is 2.48. The Morgan fingerprint density at radius 3 is 2.71 bits per heavy atom. The molecule has 0 saturated carbocycles. The van der Waals surface area contributed by atoms with Crippen molar-refractivity contribution in [1.29, 1.82) is 0 Å². The van der Waals surface area contributed by atoms with Crippen molar-refractivity contribution in [2.75, 3.05) is 13.6 Å². The van der Waals surface area contributed by atoms with E-state index >= 15 is 0 Å². The minimum absolute atomic E-state index is 0.0805. The molecule has 0 aliphatic heterocycles. The molecular formula is C16H23BrN6O. The molecule has 7 nitrogen and oxygen atoms in total. The Hall–Kier alpha value is -2.09. The van der Waals surface area contributed by atoms with Gasteiger partial charge in [0.15, 0.2) is 5.96 Å². The molecule has 24 heavy (non-hydrogen) atoms. The molecule has 2 rings (SSSR count). The van der Waals surface area contributed by atoms with Crippen LogP contribution in [-0.4, -0.2) is 40.4 Å². The number of carbonyl (C=O) groups is 1. The molecule has 0 bridgehead atoms. The van der Waals surface area contributed by atoms with E-state index in [1.807, 2.05) is 49.7 Å². The first-order valence-electron chi connectivity index (χ1n) is 7.65. The number of pyridine rings is 1. The maximum Gasteiger partial charge on any atom is 0.239 e. The van der Waals surface area contributed by atoms with Crippen molar-refractivity contribution in [3.8, 4) is 0 Å². The van der Waals surface area contributed by atoms with E-state index in [1.54, 1.807) is 7.05 Å². The lowest BCUT2D eigenvalue weighted by atomic mass is 10.1. The van der Waals surface area contributed by atoms with Crippen molar-refractivity contribution >= 4 is 33.4 Å². The van der Waals surface area contributed by atoms with Crippen LogP contribution in [0.3, 0.4) is 0 Å². The second-order valence-electron chi connectivity index (χ2n) is 6.42. The summed E-state index contributed by atoms with van der Waals surface area (Å²) < 4.78 is 2.95. The highest BCUT2D eigenvalue weighted by Crippen LogP contribution is 2.12. The number of amides is 1. The Labute approximate surface area is 150 Å². The minimum atomic E-state index is -0.249. The number of hydrogen-bond acceptors (Lipinski definition) is 3. The molecule has 2 aromatic rings. The molecule has 0 fully saturated rings. The zero-order valence-corrected chi connectivity index (χ0v) is 15.9. The summed E-state index contributed by atoms with van der Waals surface area (Å²) in [6.45, 7) is 6.51. The molecule has 0 aliphatic carbocycles. The molecule has 0 saturated heterocycles. The largest absolute Gasteiger partial charge is 0.351 e. The van der Waals surface area contributed by atoms with Crippen molar-refractivity contribution in [3.05, 3.63) is 34.7 Å². The highest BCUT2D eigenvalue weighted by Gasteiger charge is 2.13. The van der Waals surface area contributed by atoms with Gasteiger partial charge in [0.05, 0.1) is 18.8 Å². The Balaban J connectivity index is 1.87. The van der Waals surface area contributed by atoms with Crippen molar-refractivity contribution in [2.45, 2.75) is 32.9 Å². The van der Waals surface area contributed by atoms with Crippen LogP contribution in [0.25, 0.3) is 5.65 Å². The lowest BCUT2D eigenvalue weighted by Crippen LogP contribution is -2.48. The van der Waals surface area contributed by atoms with E-state index in [4.69, 9.17) is 0 Å². The lowest BCUT2D eigenvalue weighted by molar-refractivity contribution is -0.121. The zero-order chi connectivity index (χ0) is 17.7. The van der Waals surface area contributed by atoms with Gasteiger partial charge in [0.1, 0.15) is 5.65 Å². The number of nitrogens with one attached hydrogen (secondary N) is 3. The third kappa shape index (κ3) is 5.52. The average Bonchev–Trinajstić information content (AvgIpc) is 2.87. The third-order valence-corrected chi connectivity index (χ3v) is 3.53. The molecule has 2 heterocycles. The van der Waals surface area contributed by atoms with Gasteiger partial charge >= 0.3 is 0 Å². The second kappa shape index (κ2) is 7.65. The van der Waals surface area contributed by atoms with E-state index in [2.05, 4.69) is 41.9 Å². The van der Waals surface area contributed by atoms with Gasteiger partial charge in [0.25, 0.3) is 0 Å². The van der Waals surface area contributed by atoms with Crippen molar-refractivity contribution in [3.63, 3.8) is 0 Å². The van der Waals surface area contributed by atoms with Crippen LogP contribution in [0.15, 0.2) is 34.0 Å². The molecule has 3 N–H and O–H groups in total. The Morgan fingerprint density at radius 2 is 2.04 bits per heavy atom. The molecule has 1 amide bonds. The number of guanidine groups is 1. The lowest BCUT2D eigenvalue weighted by Gasteiger charge is -2.21. The molecule has 0 atom stereocenters. The SMILES string of the molecule is CN=C(NCC(=O)NC(C)(C)C)NCc1cn2cc(Br)ccc2n1. The number of nitrogens with zero attached hydrogens (tertiary/aromatic N) is 3. The van der Waals surface area contributed by atoms with Crippen LogP contribution in [0.2, 0.25) is 0 Å². The van der Waals surface area contributed by atoms with Crippen LogP contribution < -0.4 is 16.0 Å². The highest BCUT2D eigenvalue weighted by molar-refractivity contribution is 9.10. The van der Waals surface area contributed by atoms with E-state index in [0.29, 0.717) is 12.5 Å². The molecule has 8 heteroatoms. The van der Waals surface area contributed by atoms with Gasteiger partial charge in [-0.3, -0.25) is 9.79 Å². The number of imidazole rings is 1. The normalized spacial score (nSPS) is 12.3. The van der Waals surface area contributed by atoms with Gasteiger partial charge < -0.3 is 20.4 Å². The Bertz CT molecular complexity index is 747. The summed E-state index contributed by atoms with van der Waals surface area (Å²) in [5.74, 6) is 0.473. The quantitative estimate of drug-likeness (QED) is 0.544. The summed E-state index contributed by atoms with van der Waals surface area (Å²) in [7, 11) is 1.66. The van der Waals surface area contributed by atoms with Gasteiger partial charge in [0, 0.05) is 29.5 Å². The molecule has 0 aliphatic rings. The van der Waals surface area contributed by atoms with Crippen LogP contribution in [0, 0.1) is 0 Å². The minimum Gasteiger partial charge on any atom is -0.351 e. The molecule has 0 spiro atoms. The monoisotopic (exact) mass is 394 g/mol. The summed E-state index contributed by atoms with van der Waals surface area (Å²) in [5, 5.41) is 9.03. The zero-order valence-electron chi connectivity index (χ0n) is 14.4. The van der Waals surface area contributed by atoms with E-state index in [9.17, 15) is 4.79 Å². The topological polar surface area (TPSA) is 82.8 Å². The van der Waals surface area contributed by atoms with Gasteiger partial charge in [-0.15, -0.1) is 0 Å². The smallest absolute Gasteiger partial charge is 0.239 e. The predicted molar refractivity (Wildman–Crippen MR) is 99.0 cm³/mol.